The van der Waals surface area contributed by atoms with Gasteiger partial charge in [-0.25, -0.2) is 0 Å². The molecule has 0 spiro atoms. The second-order valence-corrected chi connectivity index (χ2v) is 4.26. The Hall–Kier alpha value is -1.68. The number of benzene rings is 1. The van der Waals surface area contributed by atoms with Crippen LogP contribution in [0.25, 0.3) is 0 Å². The Morgan fingerprint density at radius 1 is 1.38 bits per heavy atom. The minimum atomic E-state index is -0.105. The van der Waals surface area contributed by atoms with Gasteiger partial charge in [-0.3, -0.25) is 9.78 Å². The Kier molecular flexibility index (Phi) is 3.31. The van der Waals surface area contributed by atoms with Gasteiger partial charge in [0, 0.05) is 5.69 Å². The van der Waals surface area contributed by atoms with Gasteiger partial charge in [0.25, 0.3) is 5.91 Å². The summed E-state index contributed by atoms with van der Waals surface area (Å²) in [5.74, 6) is -0.105. The van der Waals surface area contributed by atoms with Crippen molar-refractivity contribution in [3.63, 3.8) is 0 Å². The molecule has 2 aromatic rings. The predicted octanol–water partition coefficient (Wildman–Crippen LogP) is 2.96. The van der Waals surface area contributed by atoms with Crippen LogP contribution in [0.2, 0.25) is 0 Å². The SMILES string of the molecule is CCc1ccc(NC(=O)c2cncs2)cc1. The molecular formula is C12H12N2OS. The molecule has 1 aromatic heterocycles. The zero-order valence-electron chi connectivity index (χ0n) is 8.93. The predicted molar refractivity (Wildman–Crippen MR) is 65.9 cm³/mol. The highest BCUT2D eigenvalue weighted by molar-refractivity contribution is 7.11. The van der Waals surface area contributed by atoms with Crippen LogP contribution in [0, 0.1) is 0 Å². The normalized spacial score (nSPS) is 10.1. The Morgan fingerprint density at radius 3 is 2.69 bits per heavy atom. The van der Waals surface area contributed by atoms with E-state index in [4.69, 9.17) is 0 Å². The molecule has 0 aliphatic heterocycles. The van der Waals surface area contributed by atoms with Crippen molar-refractivity contribution < 1.29 is 4.79 Å². The summed E-state index contributed by atoms with van der Waals surface area (Å²) in [6, 6.07) is 7.86. The number of aryl methyl sites for hydroxylation is 1. The van der Waals surface area contributed by atoms with Crippen LogP contribution in [0.15, 0.2) is 36.0 Å². The molecule has 0 saturated heterocycles. The first-order valence-corrected chi connectivity index (χ1v) is 5.96. The van der Waals surface area contributed by atoms with Crippen LogP contribution in [0.4, 0.5) is 5.69 Å². The second-order valence-electron chi connectivity index (χ2n) is 3.37. The fourth-order valence-electron chi connectivity index (χ4n) is 1.34. The number of aromatic nitrogens is 1. The molecule has 1 aromatic carbocycles. The quantitative estimate of drug-likeness (QED) is 0.884. The van der Waals surface area contributed by atoms with Crippen molar-refractivity contribution in [1.29, 1.82) is 0 Å². The van der Waals surface area contributed by atoms with E-state index in [0.29, 0.717) is 4.88 Å². The van der Waals surface area contributed by atoms with E-state index in [1.165, 1.54) is 16.9 Å². The van der Waals surface area contributed by atoms with Crippen molar-refractivity contribution in [2.45, 2.75) is 13.3 Å². The van der Waals surface area contributed by atoms with E-state index in [1.807, 2.05) is 24.3 Å². The zero-order chi connectivity index (χ0) is 11.4. The summed E-state index contributed by atoms with van der Waals surface area (Å²) in [7, 11) is 0. The summed E-state index contributed by atoms with van der Waals surface area (Å²) < 4.78 is 0. The first kappa shape index (κ1) is 10.8. The first-order valence-electron chi connectivity index (χ1n) is 5.08. The third kappa shape index (κ3) is 2.46. The molecule has 0 radical (unpaired) electrons. The number of rotatable bonds is 3. The number of carbonyl (C=O) groups excluding carboxylic acids is 1. The summed E-state index contributed by atoms with van der Waals surface area (Å²) in [6.45, 7) is 2.10. The maximum absolute atomic E-state index is 11.7. The van der Waals surface area contributed by atoms with E-state index in [1.54, 1.807) is 11.7 Å². The Bertz CT molecular complexity index is 462. The van der Waals surface area contributed by atoms with Crippen LogP contribution in [0.3, 0.4) is 0 Å². The average molecular weight is 232 g/mol. The lowest BCUT2D eigenvalue weighted by atomic mass is 10.1. The van der Waals surface area contributed by atoms with Crippen LogP contribution >= 0.6 is 11.3 Å². The van der Waals surface area contributed by atoms with Gasteiger partial charge in [-0.15, -0.1) is 11.3 Å². The number of thiazole rings is 1. The van der Waals surface area contributed by atoms with E-state index in [9.17, 15) is 4.79 Å². The average Bonchev–Trinajstić information content (AvgIpc) is 2.83. The second kappa shape index (κ2) is 4.90. The summed E-state index contributed by atoms with van der Waals surface area (Å²) in [4.78, 5) is 16.2. The highest BCUT2D eigenvalue weighted by Crippen LogP contribution is 2.13. The minimum Gasteiger partial charge on any atom is -0.321 e. The largest absolute Gasteiger partial charge is 0.321 e. The molecule has 0 bridgehead atoms. The van der Waals surface area contributed by atoms with Gasteiger partial charge in [-0.05, 0) is 24.1 Å². The molecular weight excluding hydrogens is 220 g/mol. The third-order valence-electron chi connectivity index (χ3n) is 2.28. The van der Waals surface area contributed by atoms with Crippen LogP contribution in [0.5, 0.6) is 0 Å². The van der Waals surface area contributed by atoms with Crippen LogP contribution in [0.1, 0.15) is 22.2 Å². The van der Waals surface area contributed by atoms with E-state index in [-0.39, 0.29) is 5.91 Å². The van der Waals surface area contributed by atoms with Crippen molar-refractivity contribution >= 4 is 22.9 Å². The number of hydrogen-bond donors (Lipinski definition) is 1. The number of nitrogens with one attached hydrogen (secondary N) is 1. The Balaban J connectivity index is 2.06. The first-order chi connectivity index (χ1) is 7.79. The molecule has 0 atom stereocenters. The lowest BCUT2D eigenvalue weighted by molar-refractivity contribution is 0.103. The van der Waals surface area contributed by atoms with Crippen molar-refractivity contribution in [3.05, 3.63) is 46.4 Å². The summed E-state index contributed by atoms with van der Waals surface area (Å²) >= 11 is 1.33. The van der Waals surface area contributed by atoms with E-state index in [0.717, 1.165) is 12.1 Å². The molecule has 0 unspecified atom stereocenters. The number of amides is 1. The van der Waals surface area contributed by atoms with Crippen molar-refractivity contribution in [2.75, 3.05) is 5.32 Å². The number of nitrogens with zero attached hydrogens (tertiary/aromatic N) is 1. The molecule has 0 saturated carbocycles. The van der Waals surface area contributed by atoms with E-state index < -0.39 is 0 Å². The van der Waals surface area contributed by atoms with Crippen LogP contribution < -0.4 is 5.32 Å². The molecule has 1 heterocycles. The maximum atomic E-state index is 11.7. The lowest BCUT2D eigenvalue weighted by Gasteiger charge is -2.03. The molecule has 1 amide bonds. The fourth-order valence-corrected chi connectivity index (χ4v) is 1.86. The van der Waals surface area contributed by atoms with Gasteiger partial charge >= 0.3 is 0 Å². The summed E-state index contributed by atoms with van der Waals surface area (Å²) in [6.07, 6.45) is 2.57. The zero-order valence-corrected chi connectivity index (χ0v) is 9.75. The highest BCUT2D eigenvalue weighted by Gasteiger charge is 2.06. The van der Waals surface area contributed by atoms with Gasteiger partial charge < -0.3 is 5.32 Å². The van der Waals surface area contributed by atoms with Crippen molar-refractivity contribution in [2.24, 2.45) is 0 Å². The molecule has 4 heteroatoms. The van der Waals surface area contributed by atoms with Gasteiger partial charge in [0.2, 0.25) is 0 Å². The summed E-state index contributed by atoms with van der Waals surface area (Å²) in [5, 5.41) is 2.83. The number of hydrogen-bond acceptors (Lipinski definition) is 3. The molecule has 3 nitrogen and oxygen atoms in total. The third-order valence-corrected chi connectivity index (χ3v) is 3.05. The van der Waals surface area contributed by atoms with Crippen molar-refractivity contribution in [1.82, 2.24) is 4.98 Å². The minimum absolute atomic E-state index is 0.105. The standard InChI is InChI=1S/C12H12N2OS/c1-2-9-3-5-10(6-4-9)14-12(15)11-7-13-8-16-11/h3-8H,2H2,1H3,(H,14,15). The Labute approximate surface area is 98.2 Å². The van der Waals surface area contributed by atoms with Crippen molar-refractivity contribution in [3.8, 4) is 0 Å². The number of anilines is 1. The molecule has 0 aliphatic carbocycles. The Morgan fingerprint density at radius 2 is 2.12 bits per heavy atom. The fraction of sp³-hybridized carbons (Fsp3) is 0.167. The smallest absolute Gasteiger partial charge is 0.267 e. The molecule has 2 rings (SSSR count). The molecule has 1 N–H and O–H groups in total. The van der Waals surface area contributed by atoms with Gasteiger partial charge in [-0.1, -0.05) is 19.1 Å². The highest BCUT2D eigenvalue weighted by atomic mass is 32.1. The van der Waals surface area contributed by atoms with Crippen LogP contribution in [-0.4, -0.2) is 10.9 Å². The van der Waals surface area contributed by atoms with E-state index in [2.05, 4.69) is 17.2 Å². The summed E-state index contributed by atoms with van der Waals surface area (Å²) in [5.41, 5.74) is 3.72. The van der Waals surface area contributed by atoms with Gasteiger partial charge in [0.1, 0.15) is 4.88 Å². The van der Waals surface area contributed by atoms with Gasteiger partial charge in [0.15, 0.2) is 0 Å². The van der Waals surface area contributed by atoms with Crippen LogP contribution in [-0.2, 0) is 6.42 Å². The van der Waals surface area contributed by atoms with Gasteiger partial charge in [-0.2, -0.15) is 0 Å². The monoisotopic (exact) mass is 232 g/mol. The molecule has 16 heavy (non-hydrogen) atoms. The van der Waals surface area contributed by atoms with Gasteiger partial charge in [0.05, 0.1) is 11.7 Å². The maximum Gasteiger partial charge on any atom is 0.267 e. The molecule has 82 valence electrons. The topological polar surface area (TPSA) is 42.0 Å². The molecule has 0 aliphatic rings. The number of carbonyl (C=O) groups is 1. The lowest BCUT2D eigenvalue weighted by Crippen LogP contribution is -2.09. The van der Waals surface area contributed by atoms with E-state index >= 15 is 0 Å². The molecule has 0 fully saturated rings.